The first-order valence-electron chi connectivity index (χ1n) is 7.75. The fourth-order valence-electron chi connectivity index (χ4n) is 2.08. The van der Waals surface area contributed by atoms with Crippen LogP contribution >= 0.6 is 0 Å². The van der Waals surface area contributed by atoms with Crippen LogP contribution in [-0.4, -0.2) is 29.6 Å². The summed E-state index contributed by atoms with van der Waals surface area (Å²) < 4.78 is 5.73. The van der Waals surface area contributed by atoms with Gasteiger partial charge in [-0.3, -0.25) is 9.59 Å². The van der Waals surface area contributed by atoms with Gasteiger partial charge in [0.25, 0.3) is 5.91 Å². The number of aryl methyl sites for hydroxylation is 1. The molecule has 5 heteroatoms. The summed E-state index contributed by atoms with van der Waals surface area (Å²) in [5, 5.41) is 11.4. The lowest BCUT2D eigenvalue weighted by Crippen LogP contribution is -2.38. The first kappa shape index (κ1) is 18.0. The highest BCUT2D eigenvalue weighted by molar-refractivity contribution is 5.81. The average Bonchev–Trinajstić information content (AvgIpc) is 2.47. The molecule has 0 radical (unpaired) electrons. The zero-order valence-corrected chi connectivity index (χ0v) is 13.3. The molecular weight excluding hydrogens is 282 g/mol. The molecule has 0 aromatic heterocycles. The SMILES string of the molecule is CCC(Oc1cccc(C)c1)C(=O)NCCCCCC(=O)O. The molecule has 1 atom stereocenters. The Labute approximate surface area is 131 Å². The van der Waals surface area contributed by atoms with Crippen molar-refractivity contribution < 1.29 is 19.4 Å². The van der Waals surface area contributed by atoms with Gasteiger partial charge in [0, 0.05) is 13.0 Å². The molecule has 0 heterocycles. The van der Waals surface area contributed by atoms with Crippen molar-refractivity contribution in [3.8, 4) is 5.75 Å². The Balaban J connectivity index is 2.30. The van der Waals surface area contributed by atoms with Gasteiger partial charge >= 0.3 is 5.97 Å². The summed E-state index contributed by atoms with van der Waals surface area (Å²) in [6, 6.07) is 7.62. The van der Waals surface area contributed by atoms with Crippen molar-refractivity contribution in [2.75, 3.05) is 6.54 Å². The summed E-state index contributed by atoms with van der Waals surface area (Å²) in [7, 11) is 0. The summed E-state index contributed by atoms with van der Waals surface area (Å²) in [4.78, 5) is 22.5. The Hall–Kier alpha value is -2.04. The first-order chi connectivity index (χ1) is 10.5. The molecule has 2 N–H and O–H groups in total. The molecule has 0 fully saturated rings. The van der Waals surface area contributed by atoms with Crippen molar-refractivity contribution in [3.63, 3.8) is 0 Å². The minimum Gasteiger partial charge on any atom is -0.481 e. The van der Waals surface area contributed by atoms with E-state index in [0.29, 0.717) is 25.1 Å². The van der Waals surface area contributed by atoms with Gasteiger partial charge in [0.1, 0.15) is 5.75 Å². The third kappa shape index (κ3) is 7.11. The van der Waals surface area contributed by atoms with Crippen LogP contribution in [0, 0.1) is 6.92 Å². The fraction of sp³-hybridized carbons (Fsp3) is 0.529. The van der Waals surface area contributed by atoms with Crippen LogP contribution in [0.25, 0.3) is 0 Å². The molecule has 0 aliphatic carbocycles. The third-order valence-corrected chi connectivity index (χ3v) is 3.30. The Morgan fingerprint density at radius 1 is 1.27 bits per heavy atom. The van der Waals surface area contributed by atoms with Gasteiger partial charge in [-0.2, -0.15) is 0 Å². The van der Waals surface area contributed by atoms with Crippen LogP contribution in [0.5, 0.6) is 5.75 Å². The van der Waals surface area contributed by atoms with E-state index >= 15 is 0 Å². The van der Waals surface area contributed by atoms with E-state index in [2.05, 4.69) is 5.32 Å². The van der Waals surface area contributed by atoms with Gasteiger partial charge in [-0.05, 0) is 43.9 Å². The number of carbonyl (C=O) groups excluding carboxylic acids is 1. The molecule has 22 heavy (non-hydrogen) atoms. The predicted octanol–water partition coefficient (Wildman–Crippen LogP) is 2.91. The molecule has 0 bridgehead atoms. The highest BCUT2D eigenvalue weighted by Gasteiger charge is 2.17. The first-order valence-corrected chi connectivity index (χ1v) is 7.75. The number of amides is 1. The van der Waals surface area contributed by atoms with Crippen molar-refractivity contribution in [1.29, 1.82) is 0 Å². The maximum absolute atomic E-state index is 12.1. The summed E-state index contributed by atoms with van der Waals surface area (Å²) >= 11 is 0. The molecule has 1 amide bonds. The van der Waals surface area contributed by atoms with E-state index in [-0.39, 0.29) is 12.3 Å². The van der Waals surface area contributed by atoms with Crippen molar-refractivity contribution in [2.45, 2.75) is 52.1 Å². The van der Waals surface area contributed by atoms with Crippen LogP contribution in [0.1, 0.15) is 44.6 Å². The number of unbranched alkanes of at least 4 members (excludes halogenated alkanes) is 2. The molecule has 5 nitrogen and oxygen atoms in total. The molecule has 0 aliphatic heterocycles. The van der Waals surface area contributed by atoms with E-state index in [0.717, 1.165) is 18.4 Å². The molecule has 122 valence electrons. The lowest BCUT2D eigenvalue weighted by atomic mass is 10.2. The number of rotatable bonds is 10. The molecule has 1 aromatic carbocycles. The van der Waals surface area contributed by atoms with E-state index in [1.165, 1.54) is 0 Å². The van der Waals surface area contributed by atoms with Crippen LogP contribution < -0.4 is 10.1 Å². The fourth-order valence-corrected chi connectivity index (χ4v) is 2.08. The van der Waals surface area contributed by atoms with Gasteiger partial charge in [0.2, 0.25) is 0 Å². The van der Waals surface area contributed by atoms with Gasteiger partial charge in [0.15, 0.2) is 6.10 Å². The molecule has 1 aromatic rings. The molecule has 1 unspecified atom stereocenters. The van der Waals surface area contributed by atoms with Gasteiger partial charge in [-0.25, -0.2) is 0 Å². The highest BCUT2D eigenvalue weighted by Crippen LogP contribution is 2.15. The lowest BCUT2D eigenvalue weighted by molar-refractivity contribution is -0.137. The maximum atomic E-state index is 12.1. The summed E-state index contributed by atoms with van der Waals surface area (Å²) in [5.74, 6) is -0.202. The van der Waals surface area contributed by atoms with Gasteiger partial charge in [0.05, 0.1) is 0 Å². The van der Waals surface area contributed by atoms with E-state index < -0.39 is 12.1 Å². The number of aliphatic carboxylic acids is 1. The number of carboxylic acids is 1. The summed E-state index contributed by atoms with van der Waals surface area (Å²) in [6.07, 6.45) is 2.49. The number of carbonyl (C=O) groups is 2. The van der Waals surface area contributed by atoms with Crippen LogP contribution in [0.2, 0.25) is 0 Å². The molecule has 0 saturated carbocycles. The van der Waals surface area contributed by atoms with Gasteiger partial charge in [-0.1, -0.05) is 25.5 Å². The smallest absolute Gasteiger partial charge is 0.303 e. The molecular formula is C17H25NO4. The molecule has 1 rings (SSSR count). The number of hydrogen-bond acceptors (Lipinski definition) is 3. The Bertz CT molecular complexity index is 487. The van der Waals surface area contributed by atoms with Gasteiger partial charge < -0.3 is 15.2 Å². The highest BCUT2D eigenvalue weighted by atomic mass is 16.5. The van der Waals surface area contributed by atoms with Crippen LogP contribution in [0.15, 0.2) is 24.3 Å². The second-order valence-electron chi connectivity index (χ2n) is 5.33. The quantitative estimate of drug-likeness (QED) is 0.652. The number of nitrogens with one attached hydrogen (secondary N) is 1. The van der Waals surface area contributed by atoms with Crippen molar-refractivity contribution in [3.05, 3.63) is 29.8 Å². The maximum Gasteiger partial charge on any atom is 0.303 e. The predicted molar refractivity (Wildman–Crippen MR) is 85.0 cm³/mol. The minimum atomic E-state index is -0.776. The second-order valence-corrected chi connectivity index (χ2v) is 5.33. The lowest BCUT2D eigenvalue weighted by Gasteiger charge is -2.17. The topological polar surface area (TPSA) is 75.6 Å². The number of hydrogen-bond donors (Lipinski definition) is 2. The Kier molecular flexibility index (Phi) is 8.04. The Morgan fingerprint density at radius 3 is 2.68 bits per heavy atom. The van der Waals surface area contributed by atoms with E-state index in [1.807, 2.05) is 38.1 Å². The molecule has 0 saturated heterocycles. The number of carboxylic acid groups (broad SMARTS) is 1. The Morgan fingerprint density at radius 2 is 2.05 bits per heavy atom. The monoisotopic (exact) mass is 307 g/mol. The van der Waals surface area contributed by atoms with E-state index in [1.54, 1.807) is 0 Å². The second kappa shape index (κ2) is 9.82. The van der Waals surface area contributed by atoms with Crippen molar-refractivity contribution >= 4 is 11.9 Å². The van der Waals surface area contributed by atoms with Crippen LogP contribution in [0.3, 0.4) is 0 Å². The van der Waals surface area contributed by atoms with E-state index in [9.17, 15) is 9.59 Å². The normalized spacial score (nSPS) is 11.7. The van der Waals surface area contributed by atoms with Gasteiger partial charge in [-0.15, -0.1) is 0 Å². The zero-order valence-electron chi connectivity index (χ0n) is 13.3. The summed E-state index contributed by atoms with van der Waals surface area (Å²) in [6.45, 7) is 4.43. The molecule has 0 spiro atoms. The number of ether oxygens (including phenoxy) is 1. The minimum absolute atomic E-state index is 0.123. The largest absolute Gasteiger partial charge is 0.481 e. The standard InChI is InChI=1S/C17H25NO4/c1-3-15(22-14-9-7-8-13(2)12-14)17(21)18-11-6-4-5-10-16(19)20/h7-9,12,15H,3-6,10-11H2,1-2H3,(H,18,21)(H,19,20). The van der Waals surface area contributed by atoms with Crippen molar-refractivity contribution in [2.24, 2.45) is 0 Å². The molecule has 0 aliphatic rings. The zero-order chi connectivity index (χ0) is 16.4. The summed E-state index contributed by atoms with van der Waals surface area (Å²) in [5.41, 5.74) is 1.09. The van der Waals surface area contributed by atoms with Crippen LogP contribution in [0.4, 0.5) is 0 Å². The van der Waals surface area contributed by atoms with E-state index in [4.69, 9.17) is 9.84 Å². The average molecular weight is 307 g/mol. The number of benzene rings is 1. The third-order valence-electron chi connectivity index (χ3n) is 3.30. The van der Waals surface area contributed by atoms with Crippen molar-refractivity contribution in [1.82, 2.24) is 5.32 Å². The van der Waals surface area contributed by atoms with Crippen LogP contribution in [-0.2, 0) is 9.59 Å².